The number of rotatable bonds is 10. The SMILES string of the molecule is CC(C)CC=CC(P)(C1CCCCC1)C1CCCCC1.CC(C)CC=CC(P)(C1CCCCC1)C1CCCCC1.[Pd]. The fourth-order valence-corrected chi connectivity index (χ4v) is 10.3. The Labute approximate surface area is 276 Å². The van der Waals surface area contributed by atoms with Gasteiger partial charge in [-0.1, -0.05) is 129 Å². The predicted octanol–water partition coefficient (Wildman–Crippen LogP) is 12.7. The van der Waals surface area contributed by atoms with Crippen LogP contribution in [0.4, 0.5) is 0 Å². The van der Waals surface area contributed by atoms with Gasteiger partial charge in [0.05, 0.1) is 0 Å². The summed E-state index contributed by atoms with van der Waals surface area (Å²) in [7, 11) is 6.69. The summed E-state index contributed by atoms with van der Waals surface area (Å²) in [5, 5.41) is 0.825. The monoisotopic (exact) mass is 694 g/mol. The molecule has 4 rings (SSSR count). The van der Waals surface area contributed by atoms with E-state index in [0.29, 0.717) is 10.3 Å². The van der Waals surface area contributed by atoms with Crippen molar-refractivity contribution in [3.05, 3.63) is 24.3 Å². The Morgan fingerprint density at radius 2 is 0.683 bits per heavy atom. The fraction of sp³-hybridized carbons (Fsp3) is 0.895. The fourth-order valence-electron chi connectivity index (χ4n) is 8.71. The first-order chi connectivity index (χ1) is 19.3. The summed E-state index contributed by atoms with van der Waals surface area (Å²) in [5.41, 5.74) is 0. The molecule has 0 aromatic carbocycles. The van der Waals surface area contributed by atoms with Crippen molar-refractivity contribution in [3.8, 4) is 0 Å². The zero-order chi connectivity index (χ0) is 28.8. The Morgan fingerprint density at radius 1 is 0.463 bits per heavy atom. The molecule has 2 unspecified atom stereocenters. The molecule has 0 aliphatic heterocycles. The minimum atomic E-state index is 0. The van der Waals surface area contributed by atoms with E-state index in [1.165, 1.54) is 141 Å². The second-order valence-corrected chi connectivity index (χ2v) is 17.4. The Balaban J connectivity index is 0.000000280. The molecule has 3 heteroatoms. The van der Waals surface area contributed by atoms with E-state index < -0.39 is 0 Å². The summed E-state index contributed by atoms with van der Waals surface area (Å²) in [5.74, 6) is 5.28. The van der Waals surface area contributed by atoms with E-state index in [1.807, 2.05) is 0 Å². The third-order valence-corrected chi connectivity index (χ3v) is 13.5. The van der Waals surface area contributed by atoms with E-state index in [9.17, 15) is 0 Å². The molecule has 0 bridgehead atoms. The molecular weight excluding hydrogens is 625 g/mol. The summed E-state index contributed by atoms with van der Waals surface area (Å²) in [6.45, 7) is 9.32. The quantitative estimate of drug-likeness (QED) is 0.121. The van der Waals surface area contributed by atoms with Crippen molar-refractivity contribution in [3.63, 3.8) is 0 Å². The van der Waals surface area contributed by atoms with Crippen molar-refractivity contribution in [2.24, 2.45) is 35.5 Å². The average molecular weight is 695 g/mol. The molecule has 0 nitrogen and oxygen atoms in total. The van der Waals surface area contributed by atoms with Crippen LogP contribution in [0.3, 0.4) is 0 Å². The van der Waals surface area contributed by atoms with E-state index in [-0.39, 0.29) is 20.4 Å². The van der Waals surface area contributed by atoms with Gasteiger partial charge >= 0.3 is 0 Å². The Kier molecular flexibility index (Phi) is 18.8. The van der Waals surface area contributed by atoms with Crippen LogP contribution >= 0.6 is 18.5 Å². The molecule has 0 N–H and O–H groups in total. The summed E-state index contributed by atoms with van der Waals surface area (Å²) in [4.78, 5) is 0. The summed E-state index contributed by atoms with van der Waals surface area (Å²) >= 11 is 0. The zero-order valence-electron chi connectivity index (χ0n) is 27.8. The Bertz CT molecular complexity index is 619. The summed E-state index contributed by atoms with van der Waals surface area (Å²) in [6.07, 6.45) is 42.1. The van der Waals surface area contributed by atoms with Crippen molar-refractivity contribution in [1.29, 1.82) is 0 Å². The van der Waals surface area contributed by atoms with Crippen LogP contribution in [0.25, 0.3) is 0 Å². The Hall–Kier alpha value is 1.00. The normalized spacial score (nSPS) is 23.2. The number of hydrogen-bond acceptors (Lipinski definition) is 0. The maximum Gasteiger partial charge on any atom is 0.00831 e. The molecule has 242 valence electrons. The smallest absolute Gasteiger partial charge is 0.00831 e. The zero-order valence-corrected chi connectivity index (χ0v) is 31.7. The van der Waals surface area contributed by atoms with Gasteiger partial charge < -0.3 is 0 Å². The largest absolute Gasteiger partial charge is 0.126 e. The molecule has 4 aliphatic rings. The van der Waals surface area contributed by atoms with E-state index >= 15 is 0 Å². The maximum atomic E-state index is 3.35. The van der Waals surface area contributed by atoms with Gasteiger partial charge in [-0.2, -0.15) is 0 Å². The summed E-state index contributed by atoms with van der Waals surface area (Å²) < 4.78 is 0. The van der Waals surface area contributed by atoms with Crippen molar-refractivity contribution < 1.29 is 20.4 Å². The molecule has 0 saturated heterocycles. The van der Waals surface area contributed by atoms with Crippen LogP contribution in [-0.2, 0) is 20.4 Å². The minimum Gasteiger partial charge on any atom is -0.126 e. The molecule has 0 heterocycles. The molecule has 0 aromatic heterocycles. The van der Waals surface area contributed by atoms with Crippen LogP contribution < -0.4 is 0 Å². The third kappa shape index (κ3) is 12.4. The van der Waals surface area contributed by atoms with Gasteiger partial charge in [-0.15, -0.1) is 18.5 Å². The van der Waals surface area contributed by atoms with Crippen LogP contribution in [0, 0.1) is 35.5 Å². The van der Waals surface area contributed by atoms with Crippen molar-refractivity contribution >= 4 is 18.5 Å². The molecule has 4 aliphatic carbocycles. The predicted molar refractivity (Wildman–Crippen MR) is 188 cm³/mol. The van der Waals surface area contributed by atoms with Crippen LogP contribution in [0.1, 0.15) is 169 Å². The first kappa shape index (κ1) is 38.2. The van der Waals surface area contributed by atoms with Crippen LogP contribution in [0.2, 0.25) is 0 Å². The van der Waals surface area contributed by atoms with Crippen molar-refractivity contribution in [2.75, 3.05) is 0 Å². The van der Waals surface area contributed by atoms with Crippen molar-refractivity contribution in [2.45, 2.75) is 179 Å². The Morgan fingerprint density at radius 3 is 0.878 bits per heavy atom. The minimum absolute atomic E-state index is 0. The number of hydrogen-bond donors (Lipinski definition) is 0. The second-order valence-electron chi connectivity index (χ2n) is 15.4. The van der Waals surface area contributed by atoms with E-state index in [1.54, 1.807) is 0 Å². The molecule has 0 spiro atoms. The van der Waals surface area contributed by atoms with Crippen LogP contribution in [0.5, 0.6) is 0 Å². The number of allylic oxidation sites excluding steroid dienone is 4. The third-order valence-electron chi connectivity index (χ3n) is 11.3. The van der Waals surface area contributed by atoms with Gasteiger partial charge in [0, 0.05) is 30.7 Å². The molecule has 0 radical (unpaired) electrons. The van der Waals surface area contributed by atoms with Gasteiger partial charge in [0.15, 0.2) is 0 Å². The van der Waals surface area contributed by atoms with Crippen LogP contribution in [0.15, 0.2) is 24.3 Å². The molecule has 41 heavy (non-hydrogen) atoms. The van der Waals surface area contributed by atoms with Crippen molar-refractivity contribution in [1.82, 2.24) is 0 Å². The van der Waals surface area contributed by atoms with E-state index in [4.69, 9.17) is 0 Å². The topological polar surface area (TPSA) is 0 Å². The van der Waals surface area contributed by atoms with Crippen LogP contribution in [-0.4, -0.2) is 10.3 Å². The van der Waals surface area contributed by atoms with Gasteiger partial charge in [-0.3, -0.25) is 0 Å². The van der Waals surface area contributed by atoms with Gasteiger partial charge in [0.2, 0.25) is 0 Å². The maximum absolute atomic E-state index is 3.35. The molecular formula is C38H70P2Pd. The van der Waals surface area contributed by atoms with Gasteiger partial charge in [-0.05, 0) is 99.7 Å². The molecule has 4 saturated carbocycles. The molecule has 0 aromatic rings. The van der Waals surface area contributed by atoms with E-state index in [0.717, 1.165) is 35.5 Å². The molecule has 2 atom stereocenters. The van der Waals surface area contributed by atoms with Gasteiger partial charge in [-0.25, -0.2) is 0 Å². The van der Waals surface area contributed by atoms with Gasteiger partial charge in [0.1, 0.15) is 0 Å². The van der Waals surface area contributed by atoms with E-state index in [2.05, 4.69) is 70.5 Å². The molecule has 0 amide bonds. The first-order valence-electron chi connectivity index (χ1n) is 18.2. The molecule has 4 fully saturated rings. The van der Waals surface area contributed by atoms with Gasteiger partial charge in [0.25, 0.3) is 0 Å². The summed E-state index contributed by atoms with van der Waals surface area (Å²) in [6, 6.07) is 0. The average Bonchev–Trinajstić information content (AvgIpc) is 2.99. The standard InChI is InChI=1S/2C19H35P.Pd/c2*1-16(2)10-9-15-19(20,17-11-5-3-6-12-17)18-13-7-4-8-14-18;/h2*9,15-18H,3-8,10-14,20H2,1-2H3;. The first-order valence-corrected chi connectivity index (χ1v) is 19.3. The second kappa shape index (κ2) is 20.2.